The van der Waals surface area contributed by atoms with Crippen molar-refractivity contribution in [2.24, 2.45) is 0 Å². The minimum atomic E-state index is 0.458. The molecular formula is C15H22N4. The summed E-state index contributed by atoms with van der Waals surface area (Å²) in [6, 6.07) is 6.70. The van der Waals surface area contributed by atoms with E-state index in [9.17, 15) is 0 Å². The highest BCUT2D eigenvalue weighted by Crippen LogP contribution is 2.30. The van der Waals surface area contributed by atoms with Crippen LogP contribution >= 0.6 is 0 Å². The predicted octanol–water partition coefficient (Wildman–Crippen LogP) is 2.58. The minimum Gasteiger partial charge on any atom is -0.369 e. The molecule has 1 aliphatic heterocycles. The number of aryl methyl sites for hydroxylation is 1. The quantitative estimate of drug-likeness (QED) is 0.900. The zero-order valence-electron chi connectivity index (χ0n) is 11.8. The number of fused-ring (bicyclic) bond motifs is 1. The number of hydrogen-bond donors (Lipinski definition) is 1. The lowest BCUT2D eigenvalue weighted by molar-refractivity contribution is 0.188. The zero-order chi connectivity index (χ0) is 13.4. The van der Waals surface area contributed by atoms with Gasteiger partial charge in [-0.25, -0.2) is 4.98 Å². The van der Waals surface area contributed by atoms with Crippen molar-refractivity contribution in [3.63, 3.8) is 0 Å². The van der Waals surface area contributed by atoms with Crippen LogP contribution in [0.15, 0.2) is 18.2 Å². The normalized spacial score (nSPS) is 21.1. The van der Waals surface area contributed by atoms with Gasteiger partial charge in [0.1, 0.15) is 0 Å². The number of nitrogens with zero attached hydrogens (tertiary/aromatic N) is 3. The van der Waals surface area contributed by atoms with Crippen LogP contribution < -0.4 is 5.73 Å². The Morgan fingerprint density at radius 3 is 3.05 bits per heavy atom. The van der Waals surface area contributed by atoms with Crippen LogP contribution in [-0.2, 0) is 0 Å². The van der Waals surface area contributed by atoms with E-state index in [4.69, 9.17) is 5.73 Å². The van der Waals surface area contributed by atoms with E-state index in [0.29, 0.717) is 12.0 Å². The average molecular weight is 258 g/mol. The summed E-state index contributed by atoms with van der Waals surface area (Å²) < 4.78 is 2.26. The summed E-state index contributed by atoms with van der Waals surface area (Å²) in [5, 5.41) is 0. The van der Waals surface area contributed by atoms with Crippen molar-refractivity contribution in [1.82, 2.24) is 14.5 Å². The third-order valence-electron chi connectivity index (χ3n) is 4.23. The van der Waals surface area contributed by atoms with Gasteiger partial charge in [-0.1, -0.05) is 19.1 Å². The molecule has 0 bridgehead atoms. The first kappa shape index (κ1) is 12.5. The number of piperidine rings is 1. The van der Waals surface area contributed by atoms with Gasteiger partial charge in [-0.15, -0.1) is 0 Å². The first-order valence-corrected chi connectivity index (χ1v) is 7.16. The molecule has 2 heterocycles. The second-order valence-electron chi connectivity index (χ2n) is 5.47. The van der Waals surface area contributed by atoms with E-state index < -0.39 is 0 Å². The van der Waals surface area contributed by atoms with Gasteiger partial charge in [0, 0.05) is 12.6 Å². The van der Waals surface area contributed by atoms with Gasteiger partial charge in [-0.3, -0.25) is 0 Å². The van der Waals surface area contributed by atoms with Crippen molar-refractivity contribution in [1.29, 1.82) is 0 Å². The maximum Gasteiger partial charge on any atom is 0.201 e. The molecule has 1 aromatic heterocycles. The highest BCUT2D eigenvalue weighted by Gasteiger charge is 2.24. The van der Waals surface area contributed by atoms with E-state index in [-0.39, 0.29) is 0 Å². The van der Waals surface area contributed by atoms with Crippen LogP contribution in [0.3, 0.4) is 0 Å². The number of likely N-dealkylation sites (tertiary alicyclic amines) is 1. The number of anilines is 1. The number of hydrogen-bond acceptors (Lipinski definition) is 3. The molecule has 19 heavy (non-hydrogen) atoms. The molecule has 0 spiro atoms. The van der Waals surface area contributed by atoms with Crippen molar-refractivity contribution in [3.8, 4) is 0 Å². The third kappa shape index (κ3) is 2.10. The van der Waals surface area contributed by atoms with E-state index in [1.807, 2.05) is 6.07 Å². The molecule has 4 heteroatoms. The maximum atomic E-state index is 6.17. The summed E-state index contributed by atoms with van der Waals surface area (Å²) in [5.41, 5.74) is 9.66. The van der Waals surface area contributed by atoms with Crippen molar-refractivity contribution >= 4 is 17.0 Å². The molecule has 3 rings (SSSR count). The van der Waals surface area contributed by atoms with Crippen molar-refractivity contribution in [2.45, 2.75) is 32.7 Å². The Morgan fingerprint density at radius 1 is 1.42 bits per heavy atom. The number of likely N-dealkylation sites (N-methyl/N-ethyl adjacent to an activating group) is 1. The summed E-state index contributed by atoms with van der Waals surface area (Å²) in [4.78, 5) is 7.02. The lowest BCUT2D eigenvalue weighted by Gasteiger charge is -2.33. The number of para-hydroxylation sites is 1. The van der Waals surface area contributed by atoms with Gasteiger partial charge in [-0.05, 0) is 44.5 Å². The highest BCUT2D eigenvalue weighted by molar-refractivity contribution is 5.81. The first-order valence-electron chi connectivity index (χ1n) is 7.16. The summed E-state index contributed by atoms with van der Waals surface area (Å²) in [5.74, 6) is 0.659. The van der Waals surface area contributed by atoms with E-state index in [2.05, 4.69) is 40.4 Å². The third-order valence-corrected chi connectivity index (χ3v) is 4.23. The first-order chi connectivity index (χ1) is 9.20. The fraction of sp³-hybridized carbons (Fsp3) is 0.533. The largest absolute Gasteiger partial charge is 0.369 e. The number of nitrogen functional groups attached to an aromatic ring is 1. The van der Waals surface area contributed by atoms with Gasteiger partial charge in [0.05, 0.1) is 11.0 Å². The molecule has 1 unspecified atom stereocenters. The Morgan fingerprint density at radius 2 is 2.26 bits per heavy atom. The van der Waals surface area contributed by atoms with Crippen molar-refractivity contribution < 1.29 is 0 Å². The molecule has 1 atom stereocenters. The topological polar surface area (TPSA) is 47.1 Å². The molecule has 0 radical (unpaired) electrons. The van der Waals surface area contributed by atoms with Gasteiger partial charge in [0.2, 0.25) is 5.95 Å². The second-order valence-corrected chi connectivity index (χ2v) is 5.47. The monoisotopic (exact) mass is 258 g/mol. The summed E-state index contributed by atoms with van der Waals surface area (Å²) in [7, 11) is 0. The summed E-state index contributed by atoms with van der Waals surface area (Å²) >= 11 is 0. The Labute approximate surface area is 114 Å². The fourth-order valence-corrected chi connectivity index (χ4v) is 3.24. The van der Waals surface area contributed by atoms with Gasteiger partial charge in [0.25, 0.3) is 0 Å². The number of imidazole rings is 1. The minimum absolute atomic E-state index is 0.458. The average Bonchev–Trinajstić information content (AvgIpc) is 2.76. The number of aromatic nitrogens is 2. The molecular weight excluding hydrogens is 236 g/mol. The summed E-state index contributed by atoms with van der Waals surface area (Å²) in [6.07, 6.45) is 2.43. The Bertz CT molecular complexity index is 587. The molecule has 1 fully saturated rings. The van der Waals surface area contributed by atoms with Crippen LogP contribution in [0.1, 0.15) is 31.4 Å². The van der Waals surface area contributed by atoms with Gasteiger partial charge in [-0.2, -0.15) is 0 Å². The van der Waals surface area contributed by atoms with Crippen LogP contribution in [0, 0.1) is 6.92 Å². The highest BCUT2D eigenvalue weighted by atomic mass is 15.2. The predicted molar refractivity (Wildman–Crippen MR) is 79.3 cm³/mol. The molecule has 2 aromatic rings. The van der Waals surface area contributed by atoms with Crippen LogP contribution in [0.25, 0.3) is 11.0 Å². The smallest absolute Gasteiger partial charge is 0.201 e. The van der Waals surface area contributed by atoms with E-state index in [1.165, 1.54) is 30.5 Å². The molecule has 4 nitrogen and oxygen atoms in total. The molecule has 2 N–H and O–H groups in total. The second kappa shape index (κ2) is 4.85. The van der Waals surface area contributed by atoms with Crippen molar-refractivity contribution in [3.05, 3.63) is 23.8 Å². The SMILES string of the molecule is CCN1CCCC(n2c(N)nc3cccc(C)c32)C1. The van der Waals surface area contributed by atoms with Crippen LogP contribution in [-0.4, -0.2) is 34.1 Å². The Balaban J connectivity index is 2.06. The molecule has 0 amide bonds. The van der Waals surface area contributed by atoms with E-state index in [1.54, 1.807) is 0 Å². The number of benzene rings is 1. The van der Waals surface area contributed by atoms with Crippen LogP contribution in [0.2, 0.25) is 0 Å². The molecule has 1 aliphatic rings. The fourth-order valence-electron chi connectivity index (χ4n) is 3.24. The van der Waals surface area contributed by atoms with Gasteiger partial charge >= 0.3 is 0 Å². The lowest BCUT2D eigenvalue weighted by atomic mass is 10.0. The number of rotatable bonds is 2. The summed E-state index contributed by atoms with van der Waals surface area (Å²) in [6.45, 7) is 7.77. The van der Waals surface area contributed by atoms with Crippen LogP contribution in [0.4, 0.5) is 5.95 Å². The van der Waals surface area contributed by atoms with E-state index in [0.717, 1.165) is 18.6 Å². The lowest BCUT2D eigenvalue weighted by Crippen LogP contribution is -2.36. The maximum absolute atomic E-state index is 6.17. The zero-order valence-corrected chi connectivity index (χ0v) is 11.8. The molecule has 0 saturated carbocycles. The number of nitrogens with two attached hydrogens (primary N) is 1. The molecule has 1 aromatic carbocycles. The standard InChI is InChI=1S/C15H22N4/c1-3-18-9-5-7-12(10-18)19-14-11(2)6-4-8-13(14)17-15(19)16/h4,6,8,12H,3,5,7,9-10H2,1-2H3,(H2,16,17). The van der Waals surface area contributed by atoms with Gasteiger partial charge in [0.15, 0.2) is 0 Å². The Hall–Kier alpha value is -1.55. The van der Waals surface area contributed by atoms with Crippen LogP contribution in [0.5, 0.6) is 0 Å². The Kier molecular flexibility index (Phi) is 3.19. The van der Waals surface area contributed by atoms with Gasteiger partial charge < -0.3 is 15.2 Å². The van der Waals surface area contributed by atoms with E-state index >= 15 is 0 Å². The molecule has 0 aliphatic carbocycles. The van der Waals surface area contributed by atoms with Crippen molar-refractivity contribution in [2.75, 3.05) is 25.4 Å². The molecule has 102 valence electrons. The molecule has 1 saturated heterocycles.